The molecule has 0 heterocycles. The molecule has 0 spiro atoms. The zero-order valence-electron chi connectivity index (χ0n) is 9.98. The summed E-state index contributed by atoms with van der Waals surface area (Å²) in [6.45, 7) is 2.05. The number of unbranched alkanes of at least 4 members (excludes halogenated alkanes) is 1. The van der Waals surface area contributed by atoms with Crippen molar-refractivity contribution in [1.29, 1.82) is 0 Å². The van der Waals surface area contributed by atoms with Crippen LogP contribution in [0.2, 0.25) is 0 Å². The van der Waals surface area contributed by atoms with E-state index in [1.54, 1.807) is 0 Å². The predicted octanol–water partition coefficient (Wildman–Crippen LogP) is 2.06. The van der Waals surface area contributed by atoms with E-state index < -0.39 is 17.3 Å². The van der Waals surface area contributed by atoms with Crippen LogP contribution in [0.3, 0.4) is 0 Å². The lowest BCUT2D eigenvalue weighted by molar-refractivity contribution is -0.142. The Morgan fingerprint density at radius 1 is 1.44 bits per heavy atom. The highest BCUT2D eigenvalue weighted by atomic mass is 32.2. The summed E-state index contributed by atoms with van der Waals surface area (Å²) in [6.07, 6.45) is 7.29. The fourth-order valence-corrected chi connectivity index (χ4v) is 2.21. The van der Waals surface area contributed by atoms with Gasteiger partial charge in [-0.25, -0.2) is 0 Å². The van der Waals surface area contributed by atoms with Crippen molar-refractivity contribution in [3.8, 4) is 0 Å². The molecule has 1 saturated carbocycles. The van der Waals surface area contributed by atoms with Crippen molar-refractivity contribution in [3.63, 3.8) is 0 Å². The van der Waals surface area contributed by atoms with Crippen LogP contribution in [-0.4, -0.2) is 21.4 Å². The van der Waals surface area contributed by atoms with Crippen molar-refractivity contribution in [1.82, 2.24) is 0 Å². The van der Waals surface area contributed by atoms with E-state index in [9.17, 15) is 9.35 Å². The minimum absolute atomic E-state index is 0.0289. The SMILES string of the molecule is CCCC[S+](N)[O-].O=C(O)C1CCCCC1. The fourth-order valence-electron chi connectivity index (χ4n) is 1.64. The molecule has 0 aromatic carbocycles. The van der Waals surface area contributed by atoms with Gasteiger partial charge in [-0.1, -0.05) is 32.6 Å². The molecule has 1 rings (SSSR count). The Kier molecular flexibility index (Phi) is 9.77. The van der Waals surface area contributed by atoms with Gasteiger partial charge in [-0.15, -0.1) is 0 Å². The van der Waals surface area contributed by atoms with E-state index in [4.69, 9.17) is 10.2 Å². The summed E-state index contributed by atoms with van der Waals surface area (Å²) in [5.74, 6) is 0.0182. The average molecular weight is 249 g/mol. The Labute approximate surface area is 101 Å². The second-order valence-corrected chi connectivity index (χ2v) is 5.28. The first kappa shape index (κ1) is 15.7. The number of nitrogens with two attached hydrogens (primary N) is 1. The van der Waals surface area contributed by atoms with E-state index in [0.717, 1.165) is 38.5 Å². The first-order chi connectivity index (χ1) is 7.57. The van der Waals surface area contributed by atoms with Crippen LogP contribution in [0.15, 0.2) is 0 Å². The van der Waals surface area contributed by atoms with Crippen LogP contribution < -0.4 is 5.14 Å². The molecule has 96 valence electrons. The van der Waals surface area contributed by atoms with E-state index in [0.29, 0.717) is 5.75 Å². The number of carbonyl (C=O) groups is 1. The summed E-state index contributed by atoms with van der Waals surface area (Å²) in [7, 11) is 0. The first-order valence-corrected chi connectivity index (χ1v) is 7.31. The highest BCUT2D eigenvalue weighted by Crippen LogP contribution is 2.23. The van der Waals surface area contributed by atoms with Crippen LogP contribution in [-0.2, 0) is 16.2 Å². The van der Waals surface area contributed by atoms with Gasteiger partial charge in [-0.05, 0) is 19.3 Å². The van der Waals surface area contributed by atoms with Crippen LogP contribution >= 0.6 is 0 Å². The molecule has 0 radical (unpaired) electrons. The molecule has 1 atom stereocenters. The molecule has 0 amide bonds. The summed E-state index contributed by atoms with van der Waals surface area (Å²) < 4.78 is 10.1. The molecule has 1 unspecified atom stereocenters. The lowest BCUT2D eigenvalue weighted by atomic mass is 9.90. The van der Waals surface area contributed by atoms with Gasteiger partial charge < -0.3 is 9.66 Å². The fraction of sp³-hybridized carbons (Fsp3) is 0.909. The maximum Gasteiger partial charge on any atom is 0.306 e. The molecular formula is C11H23NO3S. The van der Waals surface area contributed by atoms with Gasteiger partial charge in [0.2, 0.25) is 0 Å². The quantitative estimate of drug-likeness (QED) is 0.747. The molecule has 0 aliphatic heterocycles. The number of hydrogen-bond acceptors (Lipinski definition) is 3. The van der Waals surface area contributed by atoms with Gasteiger partial charge >= 0.3 is 5.97 Å². The number of hydrogen-bond donors (Lipinski definition) is 2. The summed E-state index contributed by atoms with van der Waals surface area (Å²) in [5, 5.41) is 13.5. The molecule has 0 aromatic rings. The Bertz CT molecular complexity index is 182. The van der Waals surface area contributed by atoms with Gasteiger partial charge in [0.25, 0.3) is 0 Å². The summed E-state index contributed by atoms with van der Waals surface area (Å²) in [5.41, 5.74) is 0. The predicted molar refractivity (Wildman–Crippen MR) is 66.3 cm³/mol. The zero-order valence-corrected chi connectivity index (χ0v) is 10.8. The van der Waals surface area contributed by atoms with Gasteiger partial charge in [0.15, 0.2) is 0 Å². The third-order valence-electron chi connectivity index (χ3n) is 2.65. The molecular weight excluding hydrogens is 226 g/mol. The molecule has 0 saturated heterocycles. The second kappa shape index (κ2) is 9.93. The lowest BCUT2D eigenvalue weighted by Crippen LogP contribution is -2.16. The normalized spacial score (nSPS) is 18.4. The number of carboxylic acids is 1. The Morgan fingerprint density at radius 2 is 2.00 bits per heavy atom. The van der Waals surface area contributed by atoms with Crippen LogP contribution in [0.25, 0.3) is 0 Å². The molecule has 1 fully saturated rings. The molecule has 1 aliphatic rings. The largest absolute Gasteiger partial charge is 0.598 e. The van der Waals surface area contributed by atoms with Crippen LogP contribution in [0.5, 0.6) is 0 Å². The molecule has 1 aliphatic carbocycles. The average Bonchev–Trinajstić information content (AvgIpc) is 2.28. The van der Waals surface area contributed by atoms with Crippen molar-refractivity contribution >= 4 is 17.3 Å². The van der Waals surface area contributed by atoms with Gasteiger partial charge in [-0.2, -0.15) is 5.14 Å². The van der Waals surface area contributed by atoms with Crippen molar-refractivity contribution in [2.45, 2.75) is 51.9 Å². The molecule has 5 heteroatoms. The summed E-state index contributed by atoms with van der Waals surface area (Å²) >= 11 is -1.07. The third-order valence-corrected chi connectivity index (χ3v) is 3.34. The number of aliphatic carboxylic acids is 1. The Balaban J connectivity index is 0.000000293. The maximum absolute atomic E-state index is 10.4. The van der Waals surface area contributed by atoms with Gasteiger partial charge in [0.1, 0.15) is 5.75 Å². The maximum atomic E-state index is 10.4. The molecule has 0 bridgehead atoms. The van der Waals surface area contributed by atoms with Gasteiger partial charge in [0, 0.05) is 11.4 Å². The van der Waals surface area contributed by atoms with Crippen LogP contribution in [0.1, 0.15) is 51.9 Å². The monoisotopic (exact) mass is 249 g/mol. The molecule has 0 aromatic heterocycles. The minimum Gasteiger partial charge on any atom is -0.598 e. The van der Waals surface area contributed by atoms with Gasteiger partial charge in [-0.3, -0.25) is 4.79 Å². The molecule has 3 N–H and O–H groups in total. The van der Waals surface area contributed by atoms with Crippen molar-refractivity contribution in [3.05, 3.63) is 0 Å². The van der Waals surface area contributed by atoms with E-state index in [1.165, 1.54) is 6.42 Å². The lowest BCUT2D eigenvalue weighted by Gasteiger charge is -2.16. The van der Waals surface area contributed by atoms with E-state index in [1.807, 2.05) is 6.92 Å². The number of rotatable bonds is 4. The van der Waals surface area contributed by atoms with Crippen LogP contribution in [0, 0.1) is 5.92 Å². The number of carboxylic acid groups (broad SMARTS) is 1. The smallest absolute Gasteiger partial charge is 0.306 e. The third kappa shape index (κ3) is 9.00. The first-order valence-electron chi connectivity index (χ1n) is 5.93. The van der Waals surface area contributed by atoms with Crippen molar-refractivity contribution in [2.75, 3.05) is 5.75 Å². The van der Waals surface area contributed by atoms with E-state index >= 15 is 0 Å². The molecule has 4 nitrogen and oxygen atoms in total. The Morgan fingerprint density at radius 3 is 2.25 bits per heavy atom. The van der Waals surface area contributed by atoms with E-state index in [2.05, 4.69) is 0 Å². The Hall–Kier alpha value is -0.260. The summed E-state index contributed by atoms with van der Waals surface area (Å²) in [6, 6.07) is 0. The van der Waals surface area contributed by atoms with E-state index in [-0.39, 0.29) is 5.92 Å². The standard InChI is InChI=1S/C7H12O2.C4H11NOS/c8-7(9)6-4-2-1-3-5-6;1-2-3-4-7(5)6/h6H,1-5H2,(H,8,9);2-5H2,1H3. The summed E-state index contributed by atoms with van der Waals surface area (Å²) in [4.78, 5) is 10.4. The van der Waals surface area contributed by atoms with Crippen molar-refractivity contribution in [2.24, 2.45) is 11.1 Å². The zero-order chi connectivity index (χ0) is 12.4. The molecule has 16 heavy (non-hydrogen) atoms. The highest BCUT2D eigenvalue weighted by Gasteiger charge is 2.19. The highest BCUT2D eigenvalue weighted by molar-refractivity contribution is 7.89. The minimum atomic E-state index is -1.07. The van der Waals surface area contributed by atoms with Gasteiger partial charge in [0.05, 0.1) is 5.92 Å². The van der Waals surface area contributed by atoms with Crippen molar-refractivity contribution < 1.29 is 14.5 Å². The van der Waals surface area contributed by atoms with Crippen LogP contribution in [0.4, 0.5) is 0 Å². The second-order valence-electron chi connectivity index (χ2n) is 4.11. The topological polar surface area (TPSA) is 86.4 Å².